The summed E-state index contributed by atoms with van der Waals surface area (Å²) in [5.41, 5.74) is -0.115. The molecular formula is C12H17NO3. The molecule has 1 rings (SSSR count). The van der Waals surface area contributed by atoms with Gasteiger partial charge in [-0.2, -0.15) is 0 Å². The van der Waals surface area contributed by atoms with E-state index in [0.717, 1.165) is 5.56 Å². The van der Waals surface area contributed by atoms with Crippen LogP contribution in [0.25, 0.3) is 0 Å². The molecule has 0 aromatic heterocycles. The molecule has 1 unspecified atom stereocenters. The molecule has 0 saturated carbocycles. The Bertz CT molecular complexity index is 339. The molecule has 0 heterocycles. The van der Waals surface area contributed by atoms with Crippen molar-refractivity contribution in [2.24, 2.45) is 0 Å². The molecule has 0 bridgehead atoms. The molecule has 1 aromatic rings. The quantitative estimate of drug-likeness (QED) is 0.754. The maximum absolute atomic E-state index is 11.9. The minimum absolute atomic E-state index is 0.222. The largest absolute Gasteiger partial charge is 0.467 e. The van der Waals surface area contributed by atoms with E-state index in [0.29, 0.717) is 0 Å². The van der Waals surface area contributed by atoms with Gasteiger partial charge < -0.3 is 9.47 Å². The summed E-state index contributed by atoms with van der Waals surface area (Å²) in [5.74, 6) is -0.358. The van der Waals surface area contributed by atoms with Gasteiger partial charge in [0.05, 0.1) is 13.7 Å². The van der Waals surface area contributed by atoms with Crippen LogP contribution in [0.1, 0.15) is 5.56 Å². The number of nitrogens with one attached hydrogen (secondary N) is 1. The third kappa shape index (κ3) is 2.23. The van der Waals surface area contributed by atoms with E-state index >= 15 is 0 Å². The van der Waals surface area contributed by atoms with Gasteiger partial charge >= 0.3 is 5.97 Å². The summed E-state index contributed by atoms with van der Waals surface area (Å²) in [4.78, 5) is 11.9. The summed E-state index contributed by atoms with van der Waals surface area (Å²) in [5, 5.41) is 2.98. The van der Waals surface area contributed by atoms with Crippen molar-refractivity contribution in [3.05, 3.63) is 35.9 Å². The topological polar surface area (TPSA) is 47.6 Å². The number of carbonyl (C=O) groups excluding carboxylic acids is 1. The zero-order chi connectivity index (χ0) is 12.0. The highest BCUT2D eigenvalue weighted by Gasteiger charge is 2.40. The number of esters is 1. The first-order chi connectivity index (χ1) is 7.71. The smallest absolute Gasteiger partial charge is 0.333 e. The average Bonchev–Trinajstić information content (AvgIpc) is 2.36. The Morgan fingerprint density at radius 3 is 2.38 bits per heavy atom. The highest BCUT2D eigenvalue weighted by Crippen LogP contribution is 2.22. The van der Waals surface area contributed by atoms with Crippen molar-refractivity contribution in [1.82, 2.24) is 5.32 Å². The van der Waals surface area contributed by atoms with Gasteiger partial charge in [0.1, 0.15) is 0 Å². The number of rotatable bonds is 5. The molecule has 0 aliphatic rings. The molecule has 1 N–H and O–H groups in total. The lowest BCUT2D eigenvalue weighted by atomic mass is 9.91. The number of ether oxygens (including phenoxy) is 2. The fourth-order valence-electron chi connectivity index (χ4n) is 1.69. The second kappa shape index (κ2) is 5.63. The van der Waals surface area contributed by atoms with E-state index in [-0.39, 0.29) is 12.6 Å². The Kier molecular flexibility index (Phi) is 4.46. The van der Waals surface area contributed by atoms with E-state index in [9.17, 15) is 4.79 Å². The van der Waals surface area contributed by atoms with Gasteiger partial charge in [0.2, 0.25) is 0 Å². The molecule has 0 spiro atoms. The van der Waals surface area contributed by atoms with Crippen LogP contribution in [0.15, 0.2) is 30.3 Å². The van der Waals surface area contributed by atoms with Gasteiger partial charge in [-0.25, -0.2) is 4.79 Å². The second-order valence-corrected chi connectivity index (χ2v) is 3.45. The van der Waals surface area contributed by atoms with E-state index in [4.69, 9.17) is 9.47 Å². The van der Waals surface area contributed by atoms with E-state index in [1.54, 1.807) is 14.2 Å². The van der Waals surface area contributed by atoms with Crippen LogP contribution in [0.4, 0.5) is 0 Å². The van der Waals surface area contributed by atoms with Crippen LogP contribution in [0.2, 0.25) is 0 Å². The predicted molar refractivity (Wildman–Crippen MR) is 61.1 cm³/mol. The average molecular weight is 223 g/mol. The van der Waals surface area contributed by atoms with Crippen LogP contribution in [0.3, 0.4) is 0 Å². The fraction of sp³-hybridized carbons (Fsp3) is 0.417. The van der Waals surface area contributed by atoms with Crippen molar-refractivity contribution in [3.8, 4) is 0 Å². The lowest BCUT2D eigenvalue weighted by Gasteiger charge is -2.30. The molecule has 4 nitrogen and oxygen atoms in total. The molecule has 16 heavy (non-hydrogen) atoms. The van der Waals surface area contributed by atoms with Crippen molar-refractivity contribution >= 4 is 5.97 Å². The van der Waals surface area contributed by atoms with Crippen LogP contribution in [-0.2, 0) is 19.8 Å². The highest BCUT2D eigenvalue weighted by atomic mass is 16.5. The lowest BCUT2D eigenvalue weighted by molar-refractivity contribution is -0.151. The Hall–Kier alpha value is -1.39. The normalized spacial score (nSPS) is 14.2. The SMILES string of the molecule is CNC(COC)(C(=O)OC)c1ccccc1. The first kappa shape index (κ1) is 12.7. The molecule has 0 aliphatic carbocycles. The lowest BCUT2D eigenvalue weighted by Crippen LogP contribution is -2.51. The van der Waals surface area contributed by atoms with E-state index in [1.165, 1.54) is 7.11 Å². The molecule has 0 radical (unpaired) electrons. The summed E-state index contributed by atoms with van der Waals surface area (Å²) in [7, 11) is 4.63. The van der Waals surface area contributed by atoms with E-state index < -0.39 is 5.54 Å². The highest BCUT2D eigenvalue weighted by molar-refractivity contribution is 5.82. The molecule has 0 fully saturated rings. The predicted octanol–water partition coefficient (Wildman–Crippen LogP) is 0.921. The Morgan fingerprint density at radius 1 is 1.31 bits per heavy atom. The van der Waals surface area contributed by atoms with Crippen molar-refractivity contribution in [1.29, 1.82) is 0 Å². The Labute approximate surface area is 95.6 Å². The molecule has 88 valence electrons. The molecule has 0 saturated heterocycles. The van der Waals surface area contributed by atoms with Crippen LogP contribution in [-0.4, -0.2) is 33.8 Å². The van der Waals surface area contributed by atoms with Gasteiger partial charge in [-0.1, -0.05) is 30.3 Å². The van der Waals surface area contributed by atoms with Crippen molar-refractivity contribution in [3.63, 3.8) is 0 Å². The fourth-order valence-corrected chi connectivity index (χ4v) is 1.69. The molecule has 1 atom stereocenters. The monoisotopic (exact) mass is 223 g/mol. The number of hydrogen-bond donors (Lipinski definition) is 1. The van der Waals surface area contributed by atoms with Crippen molar-refractivity contribution < 1.29 is 14.3 Å². The maximum atomic E-state index is 11.9. The number of hydrogen-bond acceptors (Lipinski definition) is 4. The van der Waals surface area contributed by atoms with E-state index in [1.807, 2.05) is 30.3 Å². The number of benzene rings is 1. The summed E-state index contributed by atoms with van der Waals surface area (Å²) < 4.78 is 9.94. The maximum Gasteiger partial charge on any atom is 0.333 e. The third-order valence-corrected chi connectivity index (χ3v) is 2.59. The standard InChI is InChI=1S/C12H17NO3/c1-13-12(9-15-2,11(14)16-3)10-7-5-4-6-8-10/h4-8,13H,9H2,1-3H3. The zero-order valence-corrected chi connectivity index (χ0v) is 9.82. The number of methoxy groups -OCH3 is 2. The van der Waals surface area contributed by atoms with Gasteiger partial charge in [-0.05, 0) is 12.6 Å². The Morgan fingerprint density at radius 2 is 1.94 bits per heavy atom. The van der Waals surface area contributed by atoms with Gasteiger partial charge in [0.15, 0.2) is 5.54 Å². The van der Waals surface area contributed by atoms with Crippen LogP contribution in [0, 0.1) is 0 Å². The summed E-state index contributed by atoms with van der Waals surface area (Å²) in [6.45, 7) is 0.222. The minimum atomic E-state index is -0.940. The summed E-state index contributed by atoms with van der Waals surface area (Å²) >= 11 is 0. The first-order valence-electron chi connectivity index (χ1n) is 5.03. The van der Waals surface area contributed by atoms with E-state index in [2.05, 4.69) is 5.32 Å². The second-order valence-electron chi connectivity index (χ2n) is 3.45. The third-order valence-electron chi connectivity index (χ3n) is 2.59. The van der Waals surface area contributed by atoms with Crippen LogP contribution >= 0.6 is 0 Å². The molecular weight excluding hydrogens is 206 g/mol. The zero-order valence-electron chi connectivity index (χ0n) is 9.82. The minimum Gasteiger partial charge on any atom is -0.467 e. The Balaban J connectivity index is 3.17. The number of likely N-dealkylation sites (N-methyl/N-ethyl adjacent to an activating group) is 1. The summed E-state index contributed by atoms with van der Waals surface area (Å²) in [6.07, 6.45) is 0. The van der Waals surface area contributed by atoms with Crippen LogP contribution in [0.5, 0.6) is 0 Å². The van der Waals surface area contributed by atoms with Crippen LogP contribution < -0.4 is 5.32 Å². The molecule has 0 amide bonds. The first-order valence-corrected chi connectivity index (χ1v) is 5.03. The summed E-state index contributed by atoms with van der Waals surface area (Å²) in [6, 6.07) is 9.38. The molecule has 4 heteroatoms. The van der Waals surface area contributed by atoms with Gasteiger partial charge in [-0.15, -0.1) is 0 Å². The number of carbonyl (C=O) groups is 1. The van der Waals surface area contributed by atoms with Gasteiger partial charge in [0.25, 0.3) is 0 Å². The molecule has 1 aromatic carbocycles. The van der Waals surface area contributed by atoms with Gasteiger partial charge in [0, 0.05) is 7.11 Å². The van der Waals surface area contributed by atoms with Crippen molar-refractivity contribution in [2.75, 3.05) is 27.9 Å². The molecule has 0 aliphatic heterocycles. The van der Waals surface area contributed by atoms with Gasteiger partial charge in [-0.3, -0.25) is 5.32 Å². The van der Waals surface area contributed by atoms with Crippen molar-refractivity contribution in [2.45, 2.75) is 5.54 Å².